The highest BCUT2D eigenvalue weighted by molar-refractivity contribution is 5.69. The van der Waals surface area contributed by atoms with Crippen molar-refractivity contribution >= 4 is 5.97 Å². The van der Waals surface area contributed by atoms with Crippen LogP contribution in [0.25, 0.3) is 0 Å². The zero-order valence-corrected chi connectivity index (χ0v) is 9.99. The van der Waals surface area contributed by atoms with Gasteiger partial charge < -0.3 is 9.47 Å². The molecule has 0 radical (unpaired) electrons. The first kappa shape index (κ1) is 14.2. The molecule has 0 aliphatic carbocycles. The summed E-state index contributed by atoms with van der Waals surface area (Å²) in [6.45, 7) is 7.69. The zero-order valence-electron chi connectivity index (χ0n) is 9.99. The Hall–Kier alpha value is -0.830. The van der Waals surface area contributed by atoms with Gasteiger partial charge in [0.25, 0.3) is 0 Å². The number of ether oxygens (including phenoxy) is 2. The van der Waals surface area contributed by atoms with E-state index in [9.17, 15) is 4.79 Å². The lowest BCUT2D eigenvalue weighted by Gasteiger charge is -2.20. The Balaban J connectivity index is 3.86. The molecule has 0 amide bonds. The van der Waals surface area contributed by atoms with Gasteiger partial charge >= 0.3 is 5.97 Å². The Bertz CT molecular complexity index is 189. The van der Waals surface area contributed by atoms with E-state index in [0.29, 0.717) is 6.42 Å². The van der Waals surface area contributed by atoms with Crippen molar-refractivity contribution in [3.63, 3.8) is 0 Å². The molecule has 0 heterocycles. The van der Waals surface area contributed by atoms with Crippen molar-refractivity contribution in [3.8, 4) is 0 Å². The third-order valence-electron chi connectivity index (χ3n) is 2.28. The minimum absolute atomic E-state index is 0.0303. The molecule has 3 nitrogen and oxygen atoms in total. The lowest BCUT2D eigenvalue weighted by atomic mass is 10.1. The van der Waals surface area contributed by atoms with Crippen molar-refractivity contribution in [2.24, 2.45) is 0 Å². The molecule has 0 N–H and O–H groups in total. The average molecular weight is 214 g/mol. The van der Waals surface area contributed by atoms with Gasteiger partial charge in [-0.3, -0.25) is 4.79 Å². The van der Waals surface area contributed by atoms with E-state index in [1.54, 1.807) is 0 Å². The molecule has 0 spiro atoms. The first-order valence-electron chi connectivity index (χ1n) is 5.47. The van der Waals surface area contributed by atoms with E-state index >= 15 is 0 Å². The molecule has 0 saturated carbocycles. The van der Waals surface area contributed by atoms with E-state index in [0.717, 1.165) is 19.3 Å². The molecule has 15 heavy (non-hydrogen) atoms. The largest absolute Gasteiger partial charge is 0.469 e. The summed E-state index contributed by atoms with van der Waals surface area (Å²) >= 11 is 0. The maximum atomic E-state index is 11.1. The van der Waals surface area contributed by atoms with Gasteiger partial charge in [0.1, 0.15) is 0 Å². The summed E-state index contributed by atoms with van der Waals surface area (Å²) in [6, 6.07) is 0. The Morgan fingerprint density at radius 1 is 1.53 bits per heavy atom. The standard InChI is InChI=1S/C12H22O3/c1-5-7-8-10(3)15-11(6-2)9-12(13)14-4/h5,10-11H,1,6-9H2,2-4H3/t10-,11+/m1/s1. The lowest BCUT2D eigenvalue weighted by molar-refractivity contribution is -0.145. The Morgan fingerprint density at radius 3 is 2.67 bits per heavy atom. The molecular formula is C12H22O3. The number of rotatable bonds is 8. The van der Waals surface area contributed by atoms with Gasteiger partial charge in [-0.1, -0.05) is 13.0 Å². The van der Waals surface area contributed by atoms with Gasteiger partial charge in [-0.05, 0) is 26.2 Å². The second-order valence-electron chi connectivity index (χ2n) is 3.62. The van der Waals surface area contributed by atoms with E-state index in [4.69, 9.17) is 4.74 Å². The summed E-state index contributed by atoms with van der Waals surface area (Å²) in [5, 5.41) is 0. The van der Waals surface area contributed by atoms with Gasteiger partial charge in [0.15, 0.2) is 0 Å². The van der Waals surface area contributed by atoms with Crippen LogP contribution in [-0.2, 0) is 14.3 Å². The minimum Gasteiger partial charge on any atom is -0.469 e. The molecular weight excluding hydrogens is 192 g/mol. The molecule has 88 valence electrons. The van der Waals surface area contributed by atoms with Crippen LogP contribution in [0.4, 0.5) is 0 Å². The molecule has 0 fully saturated rings. The van der Waals surface area contributed by atoms with Gasteiger partial charge in [-0.15, -0.1) is 6.58 Å². The highest BCUT2D eigenvalue weighted by Crippen LogP contribution is 2.11. The van der Waals surface area contributed by atoms with Crippen LogP contribution in [0.2, 0.25) is 0 Å². The highest BCUT2D eigenvalue weighted by atomic mass is 16.5. The average Bonchev–Trinajstić information content (AvgIpc) is 2.25. The van der Waals surface area contributed by atoms with Gasteiger partial charge in [0, 0.05) is 0 Å². The summed E-state index contributed by atoms with van der Waals surface area (Å²) in [7, 11) is 1.40. The van der Waals surface area contributed by atoms with Crippen molar-refractivity contribution in [1.82, 2.24) is 0 Å². The van der Waals surface area contributed by atoms with E-state index in [1.807, 2.05) is 19.9 Å². The molecule has 0 aliphatic heterocycles. The number of carbonyl (C=O) groups is 1. The van der Waals surface area contributed by atoms with Crippen molar-refractivity contribution in [3.05, 3.63) is 12.7 Å². The van der Waals surface area contributed by atoms with Crippen LogP contribution in [0.3, 0.4) is 0 Å². The molecule has 3 heteroatoms. The molecule has 0 bridgehead atoms. The van der Waals surface area contributed by atoms with Crippen molar-refractivity contribution in [2.45, 2.75) is 51.7 Å². The van der Waals surface area contributed by atoms with E-state index < -0.39 is 0 Å². The Morgan fingerprint density at radius 2 is 2.20 bits per heavy atom. The Kier molecular flexibility index (Phi) is 8.01. The number of carbonyl (C=O) groups excluding carboxylic acids is 1. The van der Waals surface area contributed by atoms with Crippen LogP contribution in [-0.4, -0.2) is 25.3 Å². The predicted octanol–water partition coefficient (Wildman–Crippen LogP) is 2.70. The lowest BCUT2D eigenvalue weighted by Crippen LogP contribution is -2.22. The van der Waals surface area contributed by atoms with Gasteiger partial charge in [0.05, 0.1) is 25.7 Å². The first-order chi connectivity index (χ1) is 7.13. The van der Waals surface area contributed by atoms with Crippen LogP contribution >= 0.6 is 0 Å². The quantitative estimate of drug-likeness (QED) is 0.460. The van der Waals surface area contributed by atoms with Gasteiger partial charge in [-0.2, -0.15) is 0 Å². The SMILES string of the molecule is C=CCC[C@@H](C)O[C@@H](CC)CC(=O)OC. The second-order valence-corrected chi connectivity index (χ2v) is 3.62. The molecule has 0 rings (SSSR count). The third kappa shape index (κ3) is 7.14. The summed E-state index contributed by atoms with van der Waals surface area (Å²) in [4.78, 5) is 11.1. The van der Waals surface area contributed by atoms with Crippen molar-refractivity contribution in [1.29, 1.82) is 0 Å². The molecule has 0 aliphatic rings. The van der Waals surface area contributed by atoms with E-state index in [2.05, 4.69) is 11.3 Å². The highest BCUT2D eigenvalue weighted by Gasteiger charge is 2.15. The number of esters is 1. The van der Waals surface area contributed by atoms with Crippen LogP contribution < -0.4 is 0 Å². The van der Waals surface area contributed by atoms with Crippen LogP contribution in [0.1, 0.15) is 39.5 Å². The maximum Gasteiger partial charge on any atom is 0.308 e. The Labute approximate surface area is 92.5 Å². The van der Waals surface area contributed by atoms with E-state index in [1.165, 1.54) is 7.11 Å². The smallest absolute Gasteiger partial charge is 0.308 e. The van der Waals surface area contributed by atoms with Crippen LogP contribution in [0.15, 0.2) is 12.7 Å². The first-order valence-corrected chi connectivity index (χ1v) is 5.47. The van der Waals surface area contributed by atoms with Gasteiger partial charge in [-0.25, -0.2) is 0 Å². The number of hydrogen-bond acceptors (Lipinski definition) is 3. The normalized spacial score (nSPS) is 14.3. The monoisotopic (exact) mass is 214 g/mol. The van der Waals surface area contributed by atoms with Crippen LogP contribution in [0, 0.1) is 0 Å². The molecule has 0 aromatic heterocycles. The number of allylic oxidation sites excluding steroid dienone is 1. The topological polar surface area (TPSA) is 35.5 Å². The molecule has 0 unspecified atom stereocenters. The fourth-order valence-corrected chi connectivity index (χ4v) is 1.31. The van der Waals surface area contributed by atoms with Gasteiger partial charge in [0.2, 0.25) is 0 Å². The summed E-state index contributed by atoms with van der Waals surface area (Å²) in [6.07, 6.45) is 5.06. The minimum atomic E-state index is -0.210. The summed E-state index contributed by atoms with van der Waals surface area (Å²) < 4.78 is 10.3. The summed E-state index contributed by atoms with van der Waals surface area (Å²) in [5.74, 6) is -0.210. The molecule has 2 atom stereocenters. The maximum absolute atomic E-state index is 11.1. The number of methoxy groups -OCH3 is 1. The van der Waals surface area contributed by atoms with Crippen LogP contribution in [0.5, 0.6) is 0 Å². The summed E-state index contributed by atoms with van der Waals surface area (Å²) in [5.41, 5.74) is 0. The zero-order chi connectivity index (χ0) is 11.7. The molecule has 0 saturated heterocycles. The fraction of sp³-hybridized carbons (Fsp3) is 0.750. The molecule has 0 aromatic rings. The third-order valence-corrected chi connectivity index (χ3v) is 2.28. The molecule has 0 aromatic carbocycles. The van der Waals surface area contributed by atoms with E-state index in [-0.39, 0.29) is 18.2 Å². The second kappa shape index (κ2) is 8.48. The number of hydrogen-bond donors (Lipinski definition) is 0. The fourth-order valence-electron chi connectivity index (χ4n) is 1.31. The van der Waals surface area contributed by atoms with Crippen molar-refractivity contribution < 1.29 is 14.3 Å². The predicted molar refractivity (Wildman–Crippen MR) is 60.7 cm³/mol. The van der Waals surface area contributed by atoms with Crippen molar-refractivity contribution in [2.75, 3.05) is 7.11 Å².